The lowest BCUT2D eigenvalue weighted by Crippen LogP contribution is -2.57. The average molecular weight is 281 g/mol. The van der Waals surface area contributed by atoms with E-state index in [9.17, 15) is 5.11 Å². The fraction of sp³-hybridized carbons (Fsp3) is 0.765. The Bertz CT molecular complexity index is 312. The maximum Gasteiger partial charge on any atom is 0.193 e. The molecular weight excluding hydrogens is 248 g/mol. The Kier molecular flexibility index (Phi) is 7.93. The Balaban J connectivity index is 2.18. The van der Waals surface area contributed by atoms with E-state index in [-0.39, 0.29) is 6.23 Å². The zero-order valence-corrected chi connectivity index (χ0v) is 13.5. The van der Waals surface area contributed by atoms with Gasteiger partial charge in [0.2, 0.25) is 0 Å². The van der Waals surface area contributed by atoms with Gasteiger partial charge in [0.15, 0.2) is 12.4 Å². The molecule has 0 saturated heterocycles. The molecule has 0 bridgehead atoms. The van der Waals surface area contributed by atoms with E-state index in [1.807, 2.05) is 13.1 Å². The summed E-state index contributed by atoms with van der Waals surface area (Å²) < 4.78 is 0.668. The zero-order chi connectivity index (χ0) is 14.8. The molecular formula is C17H33N2O+. The summed E-state index contributed by atoms with van der Waals surface area (Å²) in [5.74, 6) is 0. The molecule has 3 heteroatoms. The van der Waals surface area contributed by atoms with E-state index >= 15 is 0 Å². The molecule has 0 aliphatic carbocycles. The lowest BCUT2D eigenvalue weighted by atomic mass is 10.1. The number of nitrogens with one attached hydrogen (secondary N) is 1. The Morgan fingerprint density at radius 2 is 1.95 bits per heavy atom. The van der Waals surface area contributed by atoms with Crippen molar-refractivity contribution in [2.75, 3.05) is 6.54 Å². The largest absolute Gasteiger partial charge is 0.345 e. The van der Waals surface area contributed by atoms with Crippen LogP contribution in [-0.2, 0) is 0 Å². The molecule has 1 rings (SSSR count). The molecule has 0 aromatic heterocycles. The SMILES string of the molecule is C/C=C/CCCCCCCC1NC=C[N+]1(CC)C(C)O. The molecule has 0 amide bonds. The van der Waals surface area contributed by atoms with E-state index in [4.69, 9.17) is 0 Å². The van der Waals surface area contributed by atoms with Gasteiger partial charge in [0, 0.05) is 13.3 Å². The van der Waals surface area contributed by atoms with Gasteiger partial charge in [-0.1, -0.05) is 31.4 Å². The molecule has 3 unspecified atom stereocenters. The number of rotatable bonds is 10. The normalized spacial score (nSPS) is 27.1. The second-order valence-corrected chi connectivity index (χ2v) is 5.86. The van der Waals surface area contributed by atoms with E-state index in [1.54, 1.807) is 0 Å². The number of nitrogens with zero attached hydrogens (tertiary/aromatic N) is 1. The minimum absolute atomic E-state index is 0.336. The number of aliphatic hydroxyl groups is 1. The third kappa shape index (κ3) is 4.64. The summed E-state index contributed by atoms with van der Waals surface area (Å²) in [5, 5.41) is 13.5. The van der Waals surface area contributed by atoms with Crippen molar-refractivity contribution in [3.05, 3.63) is 24.6 Å². The van der Waals surface area contributed by atoms with Crippen LogP contribution in [-0.4, -0.2) is 28.5 Å². The first-order chi connectivity index (χ1) is 9.67. The average Bonchev–Trinajstić information content (AvgIpc) is 2.86. The zero-order valence-electron chi connectivity index (χ0n) is 13.5. The molecule has 0 aromatic rings. The summed E-state index contributed by atoms with van der Waals surface area (Å²) in [5.41, 5.74) is 0. The quantitative estimate of drug-likeness (QED) is 0.362. The minimum Gasteiger partial charge on any atom is -0.345 e. The highest BCUT2D eigenvalue weighted by Gasteiger charge is 2.40. The van der Waals surface area contributed by atoms with Crippen LogP contribution in [0, 0.1) is 0 Å². The lowest BCUT2D eigenvalue weighted by molar-refractivity contribution is -0.942. The minimum atomic E-state index is -0.336. The van der Waals surface area contributed by atoms with Gasteiger partial charge in [-0.15, -0.1) is 0 Å². The van der Waals surface area contributed by atoms with Crippen LogP contribution in [0.15, 0.2) is 24.6 Å². The van der Waals surface area contributed by atoms with Crippen LogP contribution in [0.4, 0.5) is 0 Å². The number of hydrogen-bond donors (Lipinski definition) is 2. The van der Waals surface area contributed by atoms with Gasteiger partial charge in [-0.05, 0) is 33.1 Å². The predicted octanol–water partition coefficient (Wildman–Crippen LogP) is 3.87. The molecule has 0 fully saturated rings. The van der Waals surface area contributed by atoms with Crippen molar-refractivity contribution in [3.8, 4) is 0 Å². The topological polar surface area (TPSA) is 32.3 Å². The fourth-order valence-corrected chi connectivity index (χ4v) is 3.13. The van der Waals surface area contributed by atoms with Crippen LogP contribution in [0.1, 0.15) is 65.7 Å². The number of unbranched alkanes of at least 4 members (excludes halogenated alkanes) is 5. The summed E-state index contributed by atoms with van der Waals surface area (Å²) in [6.07, 6.45) is 17.4. The monoisotopic (exact) mass is 281 g/mol. The molecule has 0 radical (unpaired) electrons. The molecule has 1 heterocycles. The van der Waals surface area contributed by atoms with Gasteiger partial charge in [-0.25, -0.2) is 0 Å². The van der Waals surface area contributed by atoms with Gasteiger partial charge in [0.1, 0.15) is 6.20 Å². The molecule has 0 spiro atoms. The molecule has 3 nitrogen and oxygen atoms in total. The Hall–Kier alpha value is -0.800. The first kappa shape index (κ1) is 17.3. The first-order valence-corrected chi connectivity index (χ1v) is 8.27. The van der Waals surface area contributed by atoms with Crippen LogP contribution in [0.3, 0.4) is 0 Å². The van der Waals surface area contributed by atoms with E-state index < -0.39 is 0 Å². The van der Waals surface area contributed by atoms with Gasteiger partial charge >= 0.3 is 0 Å². The van der Waals surface area contributed by atoms with Gasteiger partial charge < -0.3 is 10.4 Å². The Morgan fingerprint density at radius 1 is 1.25 bits per heavy atom. The summed E-state index contributed by atoms with van der Waals surface area (Å²) in [7, 11) is 0. The van der Waals surface area contributed by atoms with Gasteiger partial charge in [0.25, 0.3) is 0 Å². The fourth-order valence-electron chi connectivity index (χ4n) is 3.13. The molecule has 1 aliphatic rings. The molecule has 3 atom stereocenters. The number of quaternary nitrogens is 1. The van der Waals surface area contributed by atoms with E-state index in [0.29, 0.717) is 10.6 Å². The third-order valence-electron chi connectivity index (χ3n) is 4.55. The molecule has 0 saturated carbocycles. The Morgan fingerprint density at radius 3 is 2.60 bits per heavy atom. The van der Waals surface area contributed by atoms with Gasteiger partial charge in [-0.3, -0.25) is 4.48 Å². The standard InChI is InChI=1S/C17H33N2O/c1-4-6-7-8-9-10-11-12-13-17-18-14-15-19(17,5-2)16(3)20/h4,6,14-18,20H,5,7-13H2,1-3H3/q+1/b6-4+. The molecule has 0 aromatic carbocycles. The smallest absolute Gasteiger partial charge is 0.193 e. The summed E-state index contributed by atoms with van der Waals surface area (Å²) in [6, 6.07) is 0. The van der Waals surface area contributed by atoms with Crippen molar-refractivity contribution in [3.63, 3.8) is 0 Å². The second kappa shape index (κ2) is 9.19. The molecule has 116 valence electrons. The van der Waals surface area contributed by atoms with Crippen LogP contribution >= 0.6 is 0 Å². The number of aliphatic hydroxyl groups excluding tert-OH is 1. The van der Waals surface area contributed by atoms with Crippen LogP contribution in [0.25, 0.3) is 0 Å². The summed E-state index contributed by atoms with van der Waals surface area (Å²) in [4.78, 5) is 0. The third-order valence-corrected chi connectivity index (χ3v) is 4.55. The molecule has 2 N–H and O–H groups in total. The highest BCUT2D eigenvalue weighted by molar-refractivity contribution is 4.84. The Labute approximate surface area is 125 Å². The first-order valence-electron chi connectivity index (χ1n) is 8.27. The highest BCUT2D eigenvalue weighted by Crippen LogP contribution is 2.25. The van der Waals surface area contributed by atoms with Crippen molar-refractivity contribution < 1.29 is 9.59 Å². The van der Waals surface area contributed by atoms with E-state index in [2.05, 4.69) is 37.5 Å². The van der Waals surface area contributed by atoms with Crippen molar-refractivity contribution in [2.24, 2.45) is 0 Å². The lowest BCUT2D eigenvalue weighted by Gasteiger charge is -2.39. The highest BCUT2D eigenvalue weighted by atomic mass is 16.3. The number of hydrogen-bond acceptors (Lipinski definition) is 2. The second-order valence-electron chi connectivity index (χ2n) is 5.86. The van der Waals surface area contributed by atoms with Gasteiger partial charge in [0.05, 0.1) is 12.7 Å². The molecule has 1 aliphatic heterocycles. The van der Waals surface area contributed by atoms with Crippen molar-refractivity contribution >= 4 is 0 Å². The van der Waals surface area contributed by atoms with Crippen molar-refractivity contribution in [1.29, 1.82) is 0 Å². The van der Waals surface area contributed by atoms with Gasteiger partial charge in [-0.2, -0.15) is 0 Å². The maximum absolute atomic E-state index is 10.1. The summed E-state index contributed by atoms with van der Waals surface area (Å²) in [6.45, 7) is 7.08. The van der Waals surface area contributed by atoms with Crippen LogP contribution in [0.5, 0.6) is 0 Å². The van der Waals surface area contributed by atoms with Crippen LogP contribution < -0.4 is 5.32 Å². The van der Waals surface area contributed by atoms with Crippen molar-refractivity contribution in [2.45, 2.75) is 78.1 Å². The summed E-state index contributed by atoms with van der Waals surface area (Å²) >= 11 is 0. The molecule has 20 heavy (non-hydrogen) atoms. The maximum atomic E-state index is 10.1. The van der Waals surface area contributed by atoms with Crippen LogP contribution in [0.2, 0.25) is 0 Å². The number of allylic oxidation sites excluding steroid dienone is 2. The van der Waals surface area contributed by atoms with E-state index in [1.165, 1.54) is 38.5 Å². The van der Waals surface area contributed by atoms with Crippen molar-refractivity contribution in [1.82, 2.24) is 5.32 Å². The predicted molar refractivity (Wildman–Crippen MR) is 85.7 cm³/mol. The van der Waals surface area contributed by atoms with E-state index in [0.717, 1.165) is 13.0 Å².